The summed E-state index contributed by atoms with van der Waals surface area (Å²) in [6.45, 7) is 9.12. The van der Waals surface area contributed by atoms with Gasteiger partial charge in [-0.2, -0.15) is 5.10 Å². The molecule has 0 bridgehead atoms. The molecule has 0 aliphatic heterocycles. The average molecular weight is 495 g/mol. The van der Waals surface area contributed by atoms with Crippen LogP contribution >= 0.6 is 0 Å². The summed E-state index contributed by atoms with van der Waals surface area (Å²) in [5.74, 6) is 1.79. The molecule has 0 amide bonds. The number of fused-ring (bicyclic) bond motifs is 6. The van der Waals surface area contributed by atoms with E-state index < -0.39 is 17.1 Å². The molecule has 4 saturated carbocycles. The summed E-state index contributed by atoms with van der Waals surface area (Å²) in [6, 6.07) is 0. The van der Waals surface area contributed by atoms with Gasteiger partial charge < -0.3 is 10.2 Å². The second-order valence-corrected chi connectivity index (χ2v) is 13.5. The molecule has 0 radical (unpaired) electrons. The number of hydrogen-bond acceptors (Lipinski definition) is 5. The Morgan fingerprint density at radius 3 is 2.64 bits per heavy atom. The highest BCUT2D eigenvalue weighted by atomic mass is 16.3. The van der Waals surface area contributed by atoms with E-state index in [0.717, 1.165) is 38.6 Å². The molecular formula is C30H42N2O4. The van der Waals surface area contributed by atoms with Gasteiger partial charge in [-0.3, -0.25) is 14.3 Å². The molecule has 5 aliphatic rings. The molecule has 4 fully saturated rings. The zero-order valence-corrected chi connectivity index (χ0v) is 22.3. The van der Waals surface area contributed by atoms with E-state index in [-0.39, 0.29) is 23.0 Å². The number of hydrogen-bond donors (Lipinski definition) is 2. The predicted molar refractivity (Wildman–Crippen MR) is 137 cm³/mol. The van der Waals surface area contributed by atoms with Gasteiger partial charge in [0, 0.05) is 24.8 Å². The molecule has 5 aliphatic carbocycles. The van der Waals surface area contributed by atoms with Crippen molar-refractivity contribution in [1.82, 2.24) is 9.78 Å². The van der Waals surface area contributed by atoms with Gasteiger partial charge in [-0.15, -0.1) is 0 Å². The Labute approximate surface area is 214 Å². The first-order valence-corrected chi connectivity index (χ1v) is 14.2. The van der Waals surface area contributed by atoms with E-state index in [0.29, 0.717) is 49.2 Å². The minimum Gasteiger partial charge on any atom is -0.393 e. The molecule has 2 N–H and O–H groups in total. The molecule has 0 aromatic carbocycles. The lowest BCUT2D eigenvalue weighted by atomic mass is 9.44. The van der Waals surface area contributed by atoms with Crippen LogP contribution < -0.4 is 0 Å². The standard InChI is InChI=1S/C30H42N2O4/c1-17-11-22-23-9-10-30(36,18(2)33)29(23,4)14-26(35)27(22)28(3)13-20-15-31-32(25(20)12-24(17)28)16-19-5-7-21(34)8-6-19/h12,15,17,19,22-23,26-27,35-36H,5-11,13-14,16H2,1-4H3/t17-,22-,23-,26-,27+,28-,29-,30-/m0/s1. The molecule has 1 aromatic heterocycles. The van der Waals surface area contributed by atoms with Gasteiger partial charge in [-0.25, -0.2) is 0 Å². The largest absolute Gasteiger partial charge is 0.393 e. The third kappa shape index (κ3) is 3.25. The molecule has 0 spiro atoms. The van der Waals surface area contributed by atoms with E-state index in [1.54, 1.807) is 0 Å². The summed E-state index contributed by atoms with van der Waals surface area (Å²) in [6.07, 6.45) is 10.9. The van der Waals surface area contributed by atoms with Gasteiger partial charge in [0.1, 0.15) is 11.4 Å². The van der Waals surface area contributed by atoms with Gasteiger partial charge in [0.25, 0.3) is 0 Å². The summed E-state index contributed by atoms with van der Waals surface area (Å²) in [4.78, 5) is 24.3. The van der Waals surface area contributed by atoms with Crippen molar-refractivity contribution in [2.24, 2.45) is 40.4 Å². The molecule has 196 valence electrons. The summed E-state index contributed by atoms with van der Waals surface area (Å²) in [5.41, 5.74) is 1.86. The van der Waals surface area contributed by atoms with Crippen molar-refractivity contribution in [1.29, 1.82) is 0 Å². The average Bonchev–Trinajstić information content (AvgIpc) is 3.31. The number of aromatic nitrogens is 2. The zero-order chi connectivity index (χ0) is 25.6. The van der Waals surface area contributed by atoms with Crippen LogP contribution in [-0.2, 0) is 22.6 Å². The van der Waals surface area contributed by atoms with Crippen LogP contribution in [0.15, 0.2) is 11.8 Å². The van der Waals surface area contributed by atoms with Crippen molar-refractivity contribution >= 4 is 17.6 Å². The first-order chi connectivity index (χ1) is 17.0. The molecule has 6 nitrogen and oxygen atoms in total. The van der Waals surface area contributed by atoms with Crippen LogP contribution in [0.5, 0.6) is 0 Å². The fourth-order valence-corrected chi connectivity index (χ4v) is 9.83. The van der Waals surface area contributed by atoms with Gasteiger partial charge in [-0.1, -0.05) is 26.3 Å². The number of carbonyl (C=O) groups excluding carboxylic acids is 2. The molecular weight excluding hydrogens is 452 g/mol. The number of allylic oxidation sites excluding steroid dienone is 1. The topological polar surface area (TPSA) is 92.4 Å². The normalized spacial score (nSPS) is 44.3. The second kappa shape index (κ2) is 8.10. The Kier molecular flexibility index (Phi) is 5.52. The summed E-state index contributed by atoms with van der Waals surface area (Å²) < 4.78 is 2.17. The quantitative estimate of drug-likeness (QED) is 0.651. The van der Waals surface area contributed by atoms with Crippen molar-refractivity contribution in [2.45, 2.75) is 104 Å². The first-order valence-electron chi connectivity index (χ1n) is 14.2. The summed E-state index contributed by atoms with van der Waals surface area (Å²) in [5, 5.41) is 28.0. The van der Waals surface area contributed by atoms with E-state index in [2.05, 4.69) is 31.5 Å². The van der Waals surface area contributed by atoms with Crippen LogP contribution in [0.25, 0.3) is 6.08 Å². The third-order valence-corrected chi connectivity index (χ3v) is 11.6. The van der Waals surface area contributed by atoms with Crippen LogP contribution in [0.2, 0.25) is 0 Å². The Balaban J connectivity index is 1.32. The smallest absolute Gasteiger partial charge is 0.161 e. The van der Waals surface area contributed by atoms with Gasteiger partial charge in [0.2, 0.25) is 0 Å². The second-order valence-electron chi connectivity index (χ2n) is 13.5. The molecule has 6 rings (SSSR count). The minimum atomic E-state index is -1.32. The number of Topliss-reactive ketones (excluding diaryl/α,β-unsaturated/α-hetero) is 2. The van der Waals surface area contributed by atoms with Gasteiger partial charge in [0.05, 0.1) is 18.0 Å². The van der Waals surface area contributed by atoms with E-state index in [9.17, 15) is 19.8 Å². The summed E-state index contributed by atoms with van der Waals surface area (Å²) >= 11 is 0. The Morgan fingerprint density at radius 2 is 1.94 bits per heavy atom. The van der Waals surface area contributed by atoms with Gasteiger partial charge in [0.15, 0.2) is 5.78 Å². The van der Waals surface area contributed by atoms with E-state index in [4.69, 9.17) is 5.10 Å². The van der Waals surface area contributed by atoms with Crippen LogP contribution in [0.3, 0.4) is 0 Å². The lowest BCUT2D eigenvalue weighted by molar-refractivity contribution is -0.180. The van der Waals surface area contributed by atoms with Crippen molar-refractivity contribution < 1.29 is 19.8 Å². The molecule has 1 heterocycles. The SMILES string of the molecule is CC(=O)[C@@]1(O)CC[C@H]2[C@@H]3C[C@H](C)C4=Cc5c(cnn5CC5CCC(=O)CC5)C[C@]4(C)[C@H]3[C@@H](O)C[C@@]21C. The number of aliphatic hydroxyl groups excluding tert-OH is 1. The van der Waals surface area contributed by atoms with E-state index in [1.807, 2.05) is 6.20 Å². The first kappa shape index (κ1) is 24.5. The monoisotopic (exact) mass is 494 g/mol. The van der Waals surface area contributed by atoms with Crippen molar-refractivity contribution in [3.8, 4) is 0 Å². The highest BCUT2D eigenvalue weighted by Crippen LogP contribution is 2.68. The van der Waals surface area contributed by atoms with Crippen LogP contribution in [0, 0.1) is 40.4 Å². The van der Waals surface area contributed by atoms with Crippen LogP contribution in [-0.4, -0.2) is 43.3 Å². The Hall–Kier alpha value is -1.79. The van der Waals surface area contributed by atoms with Crippen molar-refractivity contribution in [2.75, 3.05) is 0 Å². The highest BCUT2D eigenvalue weighted by Gasteiger charge is 2.68. The minimum absolute atomic E-state index is 0.119. The third-order valence-electron chi connectivity index (χ3n) is 11.6. The lowest BCUT2D eigenvalue weighted by Crippen LogP contribution is -2.62. The van der Waals surface area contributed by atoms with Crippen LogP contribution in [0.1, 0.15) is 90.3 Å². The highest BCUT2D eigenvalue weighted by molar-refractivity contribution is 5.86. The molecule has 8 atom stereocenters. The number of rotatable bonds is 3. The van der Waals surface area contributed by atoms with Gasteiger partial charge in [-0.05, 0) is 98.5 Å². The fraction of sp³-hybridized carbons (Fsp3) is 0.767. The predicted octanol–water partition coefficient (Wildman–Crippen LogP) is 4.36. The zero-order valence-electron chi connectivity index (χ0n) is 22.3. The van der Waals surface area contributed by atoms with Crippen molar-refractivity contribution in [3.05, 3.63) is 23.0 Å². The fourth-order valence-electron chi connectivity index (χ4n) is 9.83. The lowest BCUT2D eigenvalue weighted by Gasteiger charge is -2.61. The van der Waals surface area contributed by atoms with E-state index in [1.165, 1.54) is 23.8 Å². The Bertz CT molecular complexity index is 1130. The van der Waals surface area contributed by atoms with E-state index >= 15 is 0 Å². The number of carbonyl (C=O) groups is 2. The maximum Gasteiger partial charge on any atom is 0.161 e. The molecule has 0 saturated heterocycles. The molecule has 36 heavy (non-hydrogen) atoms. The maximum absolute atomic E-state index is 12.6. The maximum atomic E-state index is 12.6. The number of ketones is 2. The molecule has 0 unspecified atom stereocenters. The molecule has 1 aromatic rings. The summed E-state index contributed by atoms with van der Waals surface area (Å²) in [7, 11) is 0. The van der Waals surface area contributed by atoms with Crippen LogP contribution in [0.4, 0.5) is 0 Å². The van der Waals surface area contributed by atoms with Gasteiger partial charge >= 0.3 is 0 Å². The van der Waals surface area contributed by atoms with Crippen molar-refractivity contribution in [3.63, 3.8) is 0 Å². The number of aliphatic hydroxyl groups is 2. The number of nitrogens with zero attached hydrogens (tertiary/aromatic N) is 2. The molecule has 6 heteroatoms. The Morgan fingerprint density at radius 1 is 1.22 bits per heavy atom.